The third kappa shape index (κ3) is 2.69. The Labute approximate surface area is 174 Å². The average Bonchev–Trinajstić information content (AvgIpc) is 3.20. The van der Waals surface area contributed by atoms with Crippen molar-refractivity contribution in [2.24, 2.45) is 0 Å². The molecule has 0 unspecified atom stereocenters. The zero-order chi connectivity index (χ0) is 21.0. The Kier molecular flexibility index (Phi) is 4.43. The zero-order valence-corrected chi connectivity index (χ0v) is 17.2. The second-order valence-electron chi connectivity index (χ2n) is 7.84. The van der Waals surface area contributed by atoms with Crippen molar-refractivity contribution in [3.05, 3.63) is 46.5 Å². The predicted molar refractivity (Wildman–Crippen MR) is 108 cm³/mol. The van der Waals surface area contributed by atoms with E-state index in [9.17, 15) is 9.59 Å². The van der Waals surface area contributed by atoms with Crippen molar-refractivity contribution < 1.29 is 28.5 Å². The van der Waals surface area contributed by atoms with Crippen molar-refractivity contribution in [3.8, 4) is 23.0 Å². The van der Waals surface area contributed by atoms with Gasteiger partial charge in [0.25, 0.3) is 0 Å². The second-order valence-corrected chi connectivity index (χ2v) is 7.84. The third-order valence-corrected chi connectivity index (χ3v) is 6.21. The number of carbonyl (C=O) groups is 2. The van der Waals surface area contributed by atoms with E-state index in [2.05, 4.69) is 4.90 Å². The van der Waals surface area contributed by atoms with E-state index in [0.29, 0.717) is 35.8 Å². The van der Waals surface area contributed by atoms with Crippen molar-refractivity contribution in [1.29, 1.82) is 0 Å². The van der Waals surface area contributed by atoms with Gasteiger partial charge in [-0.2, -0.15) is 0 Å². The highest BCUT2D eigenvalue weighted by Gasteiger charge is 2.46. The van der Waals surface area contributed by atoms with Crippen molar-refractivity contribution in [2.45, 2.75) is 31.8 Å². The predicted octanol–water partition coefficient (Wildman–Crippen LogP) is 3.25. The Balaban J connectivity index is 1.71. The summed E-state index contributed by atoms with van der Waals surface area (Å²) in [6.45, 7) is 2.42. The molecular formula is C23H23NO6. The van der Waals surface area contributed by atoms with Crippen LogP contribution in [0.4, 0.5) is 0 Å². The summed E-state index contributed by atoms with van der Waals surface area (Å²) in [7, 11) is 3.13. The molecule has 0 spiro atoms. The molecule has 7 nitrogen and oxygen atoms in total. The van der Waals surface area contributed by atoms with Gasteiger partial charge in [0.1, 0.15) is 5.78 Å². The lowest BCUT2D eigenvalue weighted by Gasteiger charge is -2.45. The highest BCUT2D eigenvalue weighted by Crippen LogP contribution is 2.51. The monoisotopic (exact) mass is 409 g/mol. The number of ether oxygens (including phenoxy) is 4. The summed E-state index contributed by atoms with van der Waals surface area (Å²) in [6, 6.07) is 6.68. The fourth-order valence-corrected chi connectivity index (χ4v) is 4.96. The van der Waals surface area contributed by atoms with Gasteiger partial charge >= 0.3 is 0 Å². The lowest BCUT2D eigenvalue weighted by atomic mass is 9.78. The van der Waals surface area contributed by atoms with Gasteiger partial charge in [0.15, 0.2) is 28.8 Å². The molecule has 0 fully saturated rings. The van der Waals surface area contributed by atoms with Crippen molar-refractivity contribution >= 4 is 11.6 Å². The van der Waals surface area contributed by atoms with Crippen LogP contribution in [-0.4, -0.2) is 44.0 Å². The van der Waals surface area contributed by atoms with Gasteiger partial charge < -0.3 is 18.9 Å². The first-order valence-electron chi connectivity index (χ1n) is 10.00. The Bertz CT molecular complexity index is 1060. The number of hydrogen-bond acceptors (Lipinski definition) is 7. The molecule has 0 aliphatic carbocycles. The van der Waals surface area contributed by atoms with Crippen molar-refractivity contribution in [2.75, 3.05) is 27.6 Å². The van der Waals surface area contributed by atoms with E-state index >= 15 is 0 Å². The fourth-order valence-electron chi connectivity index (χ4n) is 4.96. The SMILES string of the molecule is COc1ccc2c(c1OC)[C@@H](CC(C)=O)N1CCc3cc4c(cc3[C@H]1C2=O)OCO4. The van der Waals surface area contributed by atoms with E-state index in [4.69, 9.17) is 18.9 Å². The molecule has 0 radical (unpaired) electrons. The molecule has 3 aliphatic rings. The van der Waals surface area contributed by atoms with Gasteiger partial charge in [-0.05, 0) is 48.7 Å². The number of hydrogen-bond donors (Lipinski definition) is 0. The van der Waals surface area contributed by atoms with Crippen molar-refractivity contribution in [3.63, 3.8) is 0 Å². The molecule has 0 amide bonds. The Morgan fingerprint density at radius 1 is 1.17 bits per heavy atom. The minimum Gasteiger partial charge on any atom is -0.493 e. The van der Waals surface area contributed by atoms with E-state index < -0.39 is 6.04 Å². The molecular weight excluding hydrogens is 386 g/mol. The normalized spacial score (nSPS) is 21.5. The maximum atomic E-state index is 13.7. The van der Waals surface area contributed by atoms with Crippen LogP contribution in [0.2, 0.25) is 0 Å². The molecule has 2 aromatic carbocycles. The number of methoxy groups -OCH3 is 2. The largest absolute Gasteiger partial charge is 0.493 e. The maximum absolute atomic E-state index is 13.7. The first-order valence-corrected chi connectivity index (χ1v) is 10.00. The first-order chi connectivity index (χ1) is 14.5. The Morgan fingerprint density at radius 3 is 2.63 bits per heavy atom. The van der Waals surface area contributed by atoms with Crippen LogP contribution in [-0.2, 0) is 11.2 Å². The molecule has 0 saturated carbocycles. The fraction of sp³-hybridized carbons (Fsp3) is 0.391. The van der Waals surface area contributed by atoms with Gasteiger partial charge in [0.05, 0.1) is 20.3 Å². The quantitative estimate of drug-likeness (QED) is 0.767. The lowest BCUT2D eigenvalue weighted by Crippen LogP contribution is -2.46. The number of rotatable bonds is 4. The summed E-state index contributed by atoms with van der Waals surface area (Å²) < 4.78 is 22.2. The molecule has 2 atom stereocenters. The number of nitrogens with zero attached hydrogens (tertiary/aromatic N) is 1. The van der Waals surface area contributed by atoms with Crippen LogP contribution in [0.15, 0.2) is 24.3 Å². The van der Waals surface area contributed by atoms with Crippen LogP contribution in [0.25, 0.3) is 0 Å². The van der Waals surface area contributed by atoms with Crippen LogP contribution in [0.5, 0.6) is 23.0 Å². The molecule has 156 valence electrons. The van der Waals surface area contributed by atoms with Gasteiger partial charge in [0, 0.05) is 30.1 Å². The van der Waals surface area contributed by atoms with Crippen LogP contribution in [0.3, 0.4) is 0 Å². The maximum Gasteiger partial charge on any atom is 0.231 e. The Hall–Kier alpha value is -3.06. The molecule has 30 heavy (non-hydrogen) atoms. The number of ketones is 2. The Morgan fingerprint density at radius 2 is 1.93 bits per heavy atom. The minimum absolute atomic E-state index is 0.00873. The topological polar surface area (TPSA) is 74.3 Å². The van der Waals surface area contributed by atoms with Gasteiger partial charge in [-0.3, -0.25) is 14.5 Å². The highest BCUT2D eigenvalue weighted by atomic mass is 16.7. The van der Waals surface area contributed by atoms with E-state index in [1.807, 2.05) is 12.1 Å². The standard InChI is InChI=1S/C23H23NO6/c1-12(25)8-16-20-14(4-5-17(27-2)23(20)28-3)22(26)21-15-10-19-18(29-11-30-19)9-13(15)6-7-24(16)21/h4-5,9-10,16,21H,6-8,11H2,1-3H3/t16-,21+/m1/s1. The molecule has 7 heteroatoms. The summed E-state index contributed by atoms with van der Waals surface area (Å²) in [5.41, 5.74) is 3.31. The number of carbonyl (C=O) groups excluding carboxylic acids is 2. The molecule has 0 aromatic heterocycles. The van der Waals surface area contributed by atoms with Crippen LogP contribution < -0.4 is 18.9 Å². The summed E-state index contributed by atoms with van der Waals surface area (Å²) in [5, 5.41) is 0. The van der Waals surface area contributed by atoms with E-state index in [1.54, 1.807) is 33.3 Å². The lowest BCUT2D eigenvalue weighted by molar-refractivity contribution is -0.118. The average molecular weight is 409 g/mol. The molecule has 0 bridgehead atoms. The van der Waals surface area contributed by atoms with Gasteiger partial charge in [-0.15, -0.1) is 0 Å². The number of fused-ring (bicyclic) bond motifs is 5. The second kappa shape index (κ2) is 7.02. The number of Topliss-reactive ketones (excluding diaryl/α,β-unsaturated/α-hetero) is 2. The molecule has 0 N–H and O–H groups in total. The molecule has 2 aromatic rings. The number of benzene rings is 2. The van der Waals surface area contributed by atoms with Crippen LogP contribution in [0.1, 0.15) is 52.5 Å². The third-order valence-electron chi connectivity index (χ3n) is 6.21. The molecule has 5 rings (SSSR count). The zero-order valence-electron chi connectivity index (χ0n) is 17.2. The summed E-state index contributed by atoms with van der Waals surface area (Å²) in [6.07, 6.45) is 1.05. The smallest absolute Gasteiger partial charge is 0.231 e. The van der Waals surface area contributed by atoms with E-state index in [-0.39, 0.29) is 24.4 Å². The summed E-state index contributed by atoms with van der Waals surface area (Å²) in [4.78, 5) is 28.1. The van der Waals surface area contributed by atoms with Gasteiger partial charge in [-0.25, -0.2) is 0 Å². The van der Waals surface area contributed by atoms with Crippen LogP contribution in [0, 0.1) is 0 Å². The summed E-state index contributed by atoms with van der Waals surface area (Å²) >= 11 is 0. The van der Waals surface area contributed by atoms with E-state index in [0.717, 1.165) is 28.9 Å². The minimum atomic E-state index is -0.474. The first kappa shape index (κ1) is 18.9. The van der Waals surface area contributed by atoms with Crippen LogP contribution >= 0.6 is 0 Å². The molecule has 3 aliphatic heterocycles. The van der Waals surface area contributed by atoms with Gasteiger partial charge in [0.2, 0.25) is 6.79 Å². The molecule has 3 heterocycles. The van der Waals surface area contributed by atoms with Crippen molar-refractivity contribution in [1.82, 2.24) is 4.90 Å². The summed E-state index contributed by atoms with van der Waals surface area (Å²) in [5.74, 6) is 2.49. The van der Waals surface area contributed by atoms with Gasteiger partial charge in [-0.1, -0.05) is 0 Å². The molecule has 0 saturated heterocycles. The van der Waals surface area contributed by atoms with E-state index in [1.165, 1.54) is 0 Å². The highest BCUT2D eigenvalue weighted by molar-refractivity contribution is 6.04.